The Hall–Kier alpha value is 0.880. The Kier molecular flexibility index (Phi) is 9.62. The Balaban J connectivity index is 2.17. The van der Waals surface area contributed by atoms with Crippen LogP contribution < -0.4 is 0 Å². The Bertz CT molecular complexity index is 157. The van der Waals surface area contributed by atoms with Crippen molar-refractivity contribution in [3.63, 3.8) is 0 Å². The lowest BCUT2D eigenvalue weighted by atomic mass is 10.1. The number of hydrogen-bond acceptors (Lipinski definition) is 4. The molecule has 0 saturated heterocycles. The molecule has 80 valence electrons. The number of hydrogen-bond donors (Lipinski definition) is 0. The van der Waals surface area contributed by atoms with Crippen molar-refractivity contribution in [2.75, 3.05) is 5.75 Å². The Morgan fingerprint density at radius 2 is 1.79 bits per heavy atom. The van der Waals surface area contributed by atoms with Gasteiger partial charge in [0.05, 0.1) is 0 Å². The van der Waals surface area contributed by atoms with E-state index in [2.05, 4.69) is 23.6 Å². The van der Waals surface area contributed by atoms with Crippen molar-refractivity contribution in [3.05, 3.63) is 23.6 Å². The highest BCUT2D eigenvalue weighted by Gasteiger charge is 1.93. The maximum absolute atomic E-state index is 2.27. The molecule has 0 amide bonds. The topological polar surface area (TPSA) is 0 Å². The first-order valence-electron chi connectivity index (χ1n) is 4.93. The van der Waals surface area contributed by atoms with Gasteiger partial charge in [-0.2, -0.15) is 0 Å². The molecule has 0 aliphatic carbocycles. The molecule has 1 heterocycles. The van der Waals surface area contributed by atoms with Crippen LogP contribution in [0.25, 0.3) is 0 Å². The molecule has 1 rings (SSSR count). The van der Waals surface area contributed by atoms with Gasteiger partial charge >= 0.3 is 0 Å². The van der Waals surface area contributed by atoms with E-state index in [1.807, 2.05) is 30.4 Å². The van der Waals surface area contributed by atoms with Gasteiger partial charge in [-0.1, -0.05) is 52.7 Å². The molecule has 0 aromatic rings. The average molecular weight is 265 g/mol. The van der Waals surface area contributed by atoms with Crippen LogP contribution in [0.5, 0.6) is 0 Å². The molecule has 4 heteroatoms. The van der Waals surface area contributed by atoms with Crippen LogP contribution in [-0.4, -0.2) is 5.75 Å². The van der Waals surface area contributed by atoms with Gasteiger partial charge in [-0.25, -0.2) is 0 Å². The molecule has 0 fully saturated rings. The first-order valence-corrected chi connectivity index (χ1v) is 9.98. The smallest absolute Gasteiger partial charge is 0.00454 e. The van der Waals surface area contributed by atoms with Gasteiger partial charge in [0.15, 0.2) is 0 Å². The van der Waals surface area contributed by atoms with Crippen molar-refractivity contribution < 1.29 is 0 Å². The molecule has 0 aromatic carbocycles. The van der Waals surface area contributed by atoms with E-state index in [1.165, 1.54) is 37.9 Å². The van der Waals surface area contributed by atoms with Gasteiger partial charge in [0.25, 0.3) is 0 Å². The molecule has 1 aliphatic rings. The van der Waals surface area contributed by atoms with Crippen LogP contribution in [0.4, 0.5) is 0 Å². The molecule has 0 nitrogen and oxygen atoms in total. The molecular weight excluding hydrogens is 248 g/mol. The van der Waals surface area contributed by atoms with Crippen molar-refractivity contribution in [3.8, 4) is 0 Å². The van der Waals surface area contributed by atoms with Crippen LogP contribution in [0, 0.1) is 0 Å². The molecular formula is C10H16S4. The van der Waals surface area contributed by atoms with E-state index < -0.39 is 0 Å². The van der Waals surface area contributed by atoms with Crippen molar-refractivity contribution in [2.24, 2.45) is 0 Å². The summed E-state index contributed by atoms with van der Waals surface area (Å²) in [5, 5.41) is 2.15. The molecule has 14 heavy (non-hydrogen) atoms. The Labute approximate surface area is 102 Å². The van der Waals surface area contributed by atoms with Crippen molar-refractivity contribution in [1.82, 2.24) is 0 Å². The van der Waals surface area contributed by atoms with Gasteiger partial charge in [0.2, 0.25) is 0 Å². The fourth-order valence-corrected chi connectivity index (χ4v) is 6.47. The third kappa shape index (κ3) is 8.21. The van der Waals surface area contributed by atoms with E-state index in [9.17, 15) is 0 Å². The summed E-state index contributed by atoms with van der Waals surface area (Å²) in [5.74, 6) is 1.30. The van der Waals surface area contributed by atoms with E-state index >= 15 is 0 Å². The quantitative estimate of drug-likeness (QED) is 0.515. The molecule has 0 unspecified atom stereocenters. The summed E-state index contributed by atoms with van der Waals surface area (Å²) in [4.78, 5) is 0. The van der Waals surface area contributed by atoms with Crippen LogP contribution in [0.2, 0.25) is 0 Å². The summed E-state index contributed by atoms with van der Waals surface area (Å²) in [5.41, 5.74) is 0. The predicted octanol–water partition coefficient (Wildman–Crippen LogP) is 5.70. The first kappa shape index (κ1) is 12.9. The lowest BCUT2D eigenvalue weighted by molar-refractivity contribution is 0.678. The fourth-order valence-electron chi connectivity index (χ4n) is 1.12. The van der Waals surface area contributed by atoms with E-state index in [0.29, 0.717) is 0 Å². The third-order valence-electron chi connectivity index (χ3n) is 1.84. The molecule has 0 spiro atoms. The third-order valence-corrected chi connectivity index (χ3v) is 7.90. The fraction of sp³-hybridized carbons (Fsp3) is 0.600. The van der Waals surface area contributed by atoms with Crippen LogP contribution >= 0.6 is 41.2 Å². The van der Waals surface area contributed by atoms with E-state index in [-0.39, 0.29) is 0 Å². The normalized spacial score (nSPS) is 21.7. The highest BCUT2D eigenvalue weighted by molar-refractivity contribution is 9.26. The molecule has 0 radical (unpaired) electrons. The Morgan fingerprint density at radius 1 is 0.857 bits per heavy atom. The van der Waals surface area contributed by atoms with Gasteiger partial charge in [0, 0.05) is 5.75 Å². The lowest BCUT2D eigenvalue weighted by Gasteiger charge is -2.00. The summed E-state index contributed by atoms with van der Waals surface area (Å²) in [6.07, 6.45) is 13.3. The zero-order valence-corrected chi connectivity index (χ0v) is 11.5. The van der Waals surface area contributed by atoms with Gasteiger partial charge in [0.1, 0.15) is 0 Å². The van der Waals surface area contributed by atoms with Crippen molar-refractivity contribution in [1.29, 1.82) is 0 Å². The largest absolute Gasteiger partial charge is 0.0845 e. The van der Waals surface area contributed by atoms with Crippen LogP contribution in [-0.2, 0) is 0 Å². The first-order chi connectivity index (χ1) is 7.00. The maximum atomic E-state index is 2.27. The minimum atomic E-state index is 1.24. The molecule has 0 bridgehead atoms. The van der Waals surface area contributed by atoms with E-state index in [4.69, 9.17) is 0 Å². The van der Waals surface area contributed by atoms with Gasteiger partial charge in [-0.3, -0.25) is 0 Å². The second-order valence-corrected chi connectivity index (χ2v) is 8.95. The van der Waals surface area contributed by atoms with Crippen LogP contribution in [0.1, 0.15) is 32.1 Å². The molecule has 0 saturated carbocycles. The van der Waals surface area contributed by atoms with Gasteiger partial charge in [-0.05, 0) is 44.3 Å². The van der Waals surface area contributed by atoms with E-state index in [0.717, 1.165) is 0 Å². The summed E-state index contributed by atoms with van der Waals surface area (Å²) < 4.78 is 0. The van der Waals surface area contributed by atoms with Crippen LogP contribution in [0.15, 0.2) is 23.6 Å². The summed E-state index contributed by atoms with van der Waals surface area (Å²) in [6, 6.07) is 0. The average Bonchev–Trinajstić information content (AvgIpc) is 2.22. The minimum absolute atomic E-state index is 1.24. The summed E-state index contributed by atoms with van der Waals surface area (Å²) >= 11 is 0. The van der Waals surface area contributed by atoms with Crippen molar-refractivity contribution in [2.45, 2.75) is 32.1 Å². The second-order valence-electron chi connectivity index (χ2n) is 3.01. The molecule has 0 N–H and O–H groups in total. The van der Waals surface area contributed by atoms with Gasteiger partial charge in [-0.15, -0.1) is 0 Å². The molecule has 1 aliphatic heterocycles. The maximum Gasteiger partial charge on any atom is 0.00454 e. The zero-order chi connectivity index (χ0) is 9.90. The minimum Gasteiger partial charge on any atom is -0.0845 e. The predicted molar refractivity (Wildman–Crippen MR) is 76.6 cm³/mol. The van der Waals surface area contributed by atoms with Gasteiger partial charge < -0.3 is 0 Å². The Morgan fingerprint density at radius 3 is 2.79 bits per heavy atom. The number of rotatable bonds is 0. The number of allylic oxidation sites excluding steroid dienone is 3. The van der Waals surface area contributed by atoms with Crippen molar-refractivity contribution >= 4 is 41.2 Å². The summed E-state index contributed by atoms with van der Waals surface area (Å²) in [6.45, 7) is 0. The SMILES string of the molecule is C1=CCCCCCCSSSSC=C1. The molecule has 0 atom stereocenters. The lowest BCUT2D eigenvalue weighted by Crippen LogP contribution is -1.79. The highest BCUT2D eigenvalue weighted by Crippen LogP contribution is 2.43. The monoisotopic (exact) mass is 264 g/mol. The van der Waals surface area contributed by atoms with E-state index in [1.54, 1.807) is 10.8 Å². The standard InChI is InChI=1S/C10H16S4/c1-2-4-6-8-10-12-14-13-11-9-7-5-3-1/h3,5,7,9H,1-2,4,6,8,10H2. The summed E-state index contributed by atoms with van der Waals surface area (Å²) in [7, 11) is 7.55. The molecule has 0 aromatic heterocycles. The zero-order valence-electron chi connectivity index (χ0n) is 8.19. The second kappa shape index (κ2) is 10.4. The van der Waals surface area contributed by atoms with Crippen LogP contribution in [0.3, 0.4) is 0 Å². The highest BCUT2D eigenvalue weighted by atomic mass is 33.7.